The molecule has 2 unspecified atom stereocenters. The number of nitrogens with one attached hydrogen (secondary N) is 1. The molecule has 3 aliphatic heterocycles. The number of piperidine rings is 1. The SMILES string of the molecule is NC1=NC2(CCN3C(=O)c4c(ccc(Cl)c4Cl)C3C2)Nc2cccc(F)c21. The molecule has 0 saturated carbocycles. The number of nitrogens with two attached hydrogens (primary N) is 1. The number of aliphatic imine (C=N–C) groups is 1. The number of rotatable bonds is 0. The van der Waals surface area contributed by atoms with Gasteiger partial charge in [0, 0.05) is 25.1 Å². The Morgan fingerprint density at radius 2 is 2.07 bits per heavy atom. The minimum atomic E-state index is -0.694. The van der Waals surface area contributed by atoms with E-state index in [9.17, 15) is 9.18 Å². The zero-order valence-electron chi connectivity index (χ0n) is 14.1. The Bertz CT molecular complexity index is 1040. The molecule has 0 bridgehead atoms. The second-order valence-corrected chi connectivity index (χ2v) is 7.90. The molecule has 1 fully saturated rings. The molecule has 3 heterocycles. The van der Waals surface area contributed by atoms with Crippen molar-refractivity contribution in [3.8, 4) is 0 Å². The van der Waals surface area contributed by atoms with Gasteiger partial charge >= 0.3 is 0 Å². The quantitative estimate of drug-likeness (QED) is 0.698. The van der Waals surface area contributed by atoms with E-state index in [2.05, 4.69) is 10.3 Å². The van der Waals surface area contributed by atoms with Crippen LogP contribution in [-0.2, 0) is 0 Å². The first-order valence-corrected chi connectivity index (χ1v) is 9.37. The third-order valence-electron chi connectivity index (χ3n) is 5.61. The van der Waals surface area contributed by atoms with E-state index in [1.807, 2.05) is 6.07 Å². The number of benzene rings is 2. The van der Waals surface area contributed by atoms with E-state index >= 15 is 0 Å². The van der Waals surface area contributed by atoms with Gasteiger partial charge in [-0.15, -0.1) is 0 Å². The van der Waals surface area contributed by atoms with Gasteiger partial charge in [0.05, 0.1) is 27.2 Å². The largest absolute Gasteiger partial charge is 0.383 e. The van der Waals surface area contributed by atoms with E-state index < -0.39 is 11.5 Å². The van der Waals surface area contributed by atoms with E-state index in [4.69, 9.17) is 28.9 Å². The van der Waals surface area contributed by atoms with Crippen LogP contribution in [0.15, 0.2) is 35.3 Å². The highest BCUT2D eigenvalue weighted by Crippen LogP contribution is 2.48. The summed E-state index contributed by atoms with van der Waals surface area (Å²) in [6.07, 6.45) is 1.07. The van der Waals surface area contributed by atoms with Crippen molar-refractivity contribution < 1.29 is 9.18 Å². The van der Waals surface area contributed by atoms with Crippen LogP contribution >= 0.6 is 23.2 Å². The lowest BCUT2D eigenvalue weighted by atomic mass is 9.87. The Morgan fingerprint density at radius 1 is 1.26 bits per heavy atom. The molecule has 0 aromatic heterocycles. The van der Waals surface area contributed by atoms with Gasteiger partial charge in [0.1, 0.15) is 17.3 Å². The Kier molecular flexibility index (Phi) is 3.49. The standard InChI is InChI=1S/C19H15Cl2FN4O/c20-10-5-4-9-13-8-19(6-7-26(13)18(27)14(9)16(10)21)24-12-3-1-2-11(22)15(12)17(23)25-19/h1-5,13,24H,6-8H2,(H2,23,25). The zero-order chi connectivity index (χ0) is 18.9. The van der Waals surface area contributed by atoms with Gasteiger partial charge in [-0.25, -0.2) is 9.38 Å². The molecule has 8 heteroatoms. The van der Waals surface area contributed by atoms with Crippen LogP contribution in [0.3, 0.4) is 0 Å². The molecule has 0 radical (unpaired) electrons. The Labute approximate surface area is 165 Å². The highest BCUT2D eigenvalue weighted by molar-refractivity contribution is 6.44. The van der Waals surface area contributed by atoms with E-state index in [0.29, 0.717) is 41.2 Å². The van der Waals surface area contributed by atoms with Crippen LogP contribution in [0.4, 0.5) is 10.1 Å². The fraction of sp³-hybridized carbons (Fsp3) is 0.263. The summed E-state index contributed by atoms with van der Waals surface area (Å²) in [5.74, 6) is -0.345. The number of carbonyl (C=O) groups excluding carboxylic acids is 1. The van der Waals surface area contributed by atoms with Crippen LogP contribution in [0.2, 0.25) is 10.0 Å². The van der Waals surface area contributed by atoms with Gasteiger partial charge in [0.2, 0.25) is 0 Å². The lowest BCUT2D eigenvalue weighted by molar-refractivity contribution is 0.0606. The van der Waals surface area contributed by atoms with Crippen LogP contribution < -0.4 is 11.1 Å². The number of hydrogen-bond donors (Lipinski definition) is 2. The van der Waals surface area contributed by atoms with Crippen molar-refractivity contribution in [2.45, 2.75) is 24.5 Å². The van der Waals surface area contributed by atoms with Gasteiger partial charge in [0.15, 0.2) is 0 Å². The van der Waals surface area contributed by atoms with Crippen LogP contribution in [0.5, 0.6) is 0 Å². The monoisotopic (exact) mass is 404 g/mol. The predicted molar refractivity (Wildman–Crippen MR) is 103 cm³/mol. The van der Waals surface area contributed by atoms with Crippen molar-refractivity contribution >= 4 is 40.6 Å². The molecule has 2 aromatic rings. The number of fused-ring (bicyclic) bond motifs is 4. The summed E-state index contributed by atoms with van der Waals surface area (Å²) < 4.78 is 14.1. The Hall–Kier alpha value is -2.31. The van der Waals surface area contributed by atoms with Gasteiger partial charge in [-0.05, 0) is 23.8 Å². The van der Waals surface area contributed by atoms with Gasteiger partial charge in [-0.2, -0.15) is 0 Å². The summed E-state index contributed by atoms with van der Waals surface area (Å²) in [5.41, 5.74) is 7.63. The first-order chi connectivity index (χ1) is 12.9. The van der Waals surface area contributed by atoms with Gasteiger partial charge in [-0.1, -0.05) is 35.3 Å². The number of hydrogen-bond acceptors (Lipinski definition) is 4. The lowest BCUT2D eigenvalue weighted by Crippen LogP contribution is -2.51. The maximum Gasteiger partial charge on any atom is 0.256 e. The molecule has 3 N–H and O–H groups in total. The highest BCUT2D eigenvalue weighted by Gasteiger charge is 2.49. The van der Waals surface area contributed by atoms with Crippen LogP contribution in [0.1, 0.15) is 40.4 Å². The normalized spacial score (nSPS) is 25.6. The minimum Gasteiger partial charge on any atom is -0.383 e. The van der Waals surface area contributed by atoms with Crippen LogP contribution in [0.25, 0.3) is 0 Å². The predicted octanol–water partition coefficient (Wildman–Crippen LogP) is 3.95. The zero-order valence-corrected chi connectivity index (χ0v) is 15.6. The van der Waals surface area contributed by atoms with Crippen molar-refractivity contribution in [2.75, 3.05) is 11.9 Å². The summed E-state index contributed by atoms with van der Waals surface area (Å²) in [7, 11) is 0. The summed E-state index contributed by atoms with van der Waals surface area (Å²) in [4.78, 5) is 19.3. The summed E-state index contributed by atoms with van der Waals surface area (Å²) in [5, 5.41) is 4.01. The molecular formula is C19H15Cl2FN4O. The molecule has 27 heavy (non-hydrogen) atoms. The first kappa shape index (κ1) is 16.8. The molecule has 138 valence electrons. The maximum absolute atomic E-state index is 14.1. The third-order valence-corrected chi connectivity index (χ3v) is 6.41. The van der Waals surface area contributed by atoms with Crippen LogP contribution in [-0.4, -0.2) is 28.9 Å². The Balaban J connectivity index is 1.57. The summed E-state index contributed by atoms with van der Waals surface area (Å²) >= 11 is 12.4. The van der Waals surface area contributed by atoms with Crippen LogP contribution in [0, 0.1) is 5.82 Å². The first-order valence-electron chi connectivity index (χ1n) is 8.61. The van der Waals surface area contributed by atoms with Crippen molar-refractivity contribution in [1.82, 2.24) is 4.90 Å². The summed E-state index contributed by atoms with van der Waals surface area (Å²) in [6.45, 7) is 0.487. The van der Waals surface area contributed by atoms with Gasteiger partial charge in [-0.3, -0.25) is 4.79 Å². The van der Waals surface area contributed by atoms with Crippen molar-refractivity contribution in [3.63, 3.8) is 0 Å². The second-order valence-electron chi connectivity index (χ2n) is 7.11. The molecule has 0 aliphatic carbocycles. The fourth-order valence-corrected chi connectivity index (χ4v) is 4.80. The average Bonchev–Trinajstić information content (AvgIpc) is 2.89. The number of carbonyl (C=O) groups is 1. The molecule has 3 aliphatic rings. The third kappa shape index (κ3) is 2.29. The Morgan fingerprint density at radius 3 is 2.89 bits per heavy atom. The average molecular weight is 405 g/mol. The molecular weight excluding hydrogens is 390 g/mol. The second kappa shape index (κ2) is 5.59. The number of amidine groups is 1. The number of nitrogens with zero attached hydrogens (tertiary/aromatic N) is 2. The topological polar surface area (TPSA) is 70.7 Å². The molecule has 1 amide bonds. The molecule has 5 rings (SSSR count). The number of amides is 1. The highest BCUT2D eigenvalue weighted by atomic mass is 35.5. The van der Waals surface area contributed by atoms with Crippen molar-refractivity contribution in [3.05, 3.63) is 62.9 Å². The van der Waals surface area contributed by atoms with E-state index in [0.717, 1.165) is 5.56 Å². The molecule has 5 nitrogen and oxygen atoms in total. The summed E-state index contributed by atoms with van der Waals surface area (Å²) in [6, 6.07) is 8.15. The van der Waals surface area contributed by atoms with E-state index in [1.54, 1.807) is 23.1 Å². The van der Waals surface area contributed by atoms with Gasteiger partial charge < -0.3 is 16.0 Å². The van der Waals surface area contributed by atoms with E-state index in [1.165, 1.54) is 6.07 Å². The van der Waals surface area contributed by atoms with Crippen molar-refractivity contribution in [2.24, 2.45) is 10.7 Å². The molecule has 1 spiro atoms. The lowest BCUT2D eigenvalue weighted by Gasteiger charge is -2.44. The van der Waals surface area contributed by atoms with E-state index in [-0.39, 0.29) is 22.8 Å². The fourth-order valence-electron chi connectivity index (χ4n) is 4.39. The number of anilines is 1. The van der Waals surface area contributed by atoms with Gasteiger partial charge in [0.25, 0.3) is 5.91 Å². The maximum atomic E-state index is 14.1. The molecule has 1 saturated heterocycles. The molecule has 2 atom stereocenters. The number of halogens is 3. The minimum absolute atomic E-state index is 0.114. The smallest absolute Gasteiger partial charge is 0.256 e. The molecule has 2 aromatic carbocycles. The van der Waals surface area contributed by atoms with Crippen molar-refractivity contribution in [1.29, 1.82) is 0 Å².